The number of ether oxygens (including phenoxy) is 2. The highest BCUT2D eigenvalue weighted by atomic mass is 32.2. The first-order valence-corrected chi connectivity index (χ1v) is 13.2. The minimum Gasteiger partial charge on any atom is -0.449 e. The topological polar surface area (TPSA) is 115 Å². The third kappa shape index (κ3) is 5.93. The van der Waals surface area contributed by atoms with Crippen molar-refractivity contribution in [1.82, 2.24) is 9.29 Å². The van der Waals surface area contributed by atoms with Crippen LogP contribution in [-0.4, -0.2) is 62.0 Å². The van der Waals surface area contributed by atoms with E-state index in [1.165, 1.54) is 34.7 Å². The minimum atomic E-state index is -3.73. The van der Waals surface area contributed by atoms with Crippen molar-refractivity contribution in [1.29, 1.82) is 0 Å². The maximum absolute atomic E-state index is 13.0. The molecule has 3 aromatic rings. The largest absolute Gasteiger partial charge is 0.449 e. The number of rotatable bonds is 7. The number of nitrogens with zero attached hydrogens (tertiary/aromatic N) is 2. The van der Waals surface area contributed by atoms with Crippen LogP contribution in [0.1, 0.15) is 17.5 Å². The van der Waals surface area contributed by atoms with Crippen LogP contribution in [0.15, 0.2) is 53.4 Å². The molecule has 0 radical (unpaired) electrons. The Hall–Kier alpha value is -3.12. The van der Waals surface area contributed by atoms with Crippen LogP contribution in [-0.2, 0) is 29.1 Å². The Morgan fingerprint density at radius 3 is 2.69 bits per heavy atom. The van der Waals surface area contributed by atoms with Gasteiger partial charge in [0.05, 0.1) is 28.3 Å². The molecule has 1 aromatic heterocycles. The van der Waals surface area contributed by atoms with Crippen LogP contribution in [0, 0.1) is 6.92 Å². The van der Waals surface area contributed by atoms with Crippen molar-refractivity contribution in [2.24, 2.45) is 0 Å². The molecule has 0 aliphatic carbocycles. The number of hydrogen-bond acceptors (Lipinski definition) is 8. The summed E-state index contributed by atoms with van der Waals surface area (Å²) in [5.41, 5.74) is 1.70. The fourth-order valence-corrected chi connectivity index (χ4v) is 6.02. The van der Waals surface area contributed by atoms with Crippen LogP contribution in [0.3, 0.4) is 0 Å². The van der Waals surface area contributed by atoms with Gasteiger partial charge in [0.2, 0.25) is 10.0 Å². The molecular formula is C24H25N3O6S2. The van der Waals surface area contributed by atoms with Gasteiger partial charge in [0.15, 0.2) is 6.10 Å². The lowest BCUT2D eigenvalue weighted by Crippen LogP contribution is -2.40. The number of sulfonamides is 1. The molecule has 1 aliphatic rings. The van der Waals surface area contributed by atoms with Gasteiger partial charge < -0.3 is 14.8 Å². The van der Waals surface area contributed by atoms with E-state index in [-0.39, 0.29) is 18.0 Å². The van der Waals surface area contributed by atoms with Gasteiger partial charge in [-0.15, -0.1) is 11.3 Å². The van der Waals surface area contributed by atoms with Gasteiger partial charge in [0.25, 0.3) is 5.91 Å². The Kier molecular flexibility index (Phi) is 7.60. The van der Waals surface area contributed by atoms with Gasteiger partial charge in [-0.2, -0.15) is 4.31 Å². The molecule has 1 unspecified atom stereocenters. The van der Waals surface area contributed by atoms with E-state index in [1.54, 1.807) is 25.1 Å². The minimum absolute atomic E-state index is 0.112. The zero-order valence-electron chi connectivity index (χ0n) is 19.3. The lowest BCUT2D eigenvalue weighted by atomic mass is 10.2. The van der Waals surface area contributed by atoms with Crippen molar-refractivity contribution in [3.8, 4) is 0 Å². The van der Waals surface area contributed by atoms with Gasteiger partial charge >= 0.3 is 5.97 Å². The summed E-state index contributed by atoms with van der Waals surface area (Å²) in [6, 6.07) is 12.3. The van der Waals surface area contributed by atoms with Crippen molar-refractivity contribution in [2.75, 3.05) is 31.6 Å². The van der Waals surface area contributed by atoms with Crippen molar-refractivity contribution in [3.63, 3.8) is 0 Å². The molecule has 0 spiro atoms. The van der Waals surface area contributed by atoms with E-state index in [9.17, 15) is 18.0 Å². The molecule has 1 aliphatic heterocycles. The van der Waals surface area contributed by atoms with E-state index in [0.29, 0.717) is 29.5 Å². The summed E-state index contributed by atoms with van der Waals surface area (Å²) in [7, 11) is -3.73. The van der Waals surface area contributed by atoms with Crippen LogP contribution in [0.5, 0.6) is 0 Å². The summed E-state index contributed by atoms with van der Waals surface area (Å²) in [6.45, 7) is 4.36. The molecule has 1 saturated heterocycles. The Balaban J connectivity index is 1.38. The number of carbonyl (C=O) groups is 2. The molecule has 184 valence electrons. The van der Waals surface area contributed by atoms with Crippen LogP contribution >= 0.6 is 11.3 Å². The van der Waals surface area contributed by atoms with Gasteiger partial charge in [-0.25, -0.2) is 18.2 Å². The molecular weight excluding hydrogens is 490 g/mol. The lowest BCUT2D eigenvalue weighted by molar-refractivity contribution is -0.148. The Bertz CT molecular complexity index is 1340. The van der Waals surface area contributed by atoms with E-state index < -0.39 is 28.0 Å². The zero-order chi connectivity index (χ0) is 25.0. The van der Waals surface area contributed by atoms with Gasteiger partial charge in [0.1, 0.15) is 5.01 Å². The third-order valence-corrected chi connectivity index (χ3v) is 8.42. The Morgan fingerprint density at radius 1 is 1.20 bits per heavy atom. The second-order valence-electron chi connectivity index (χ2n) is 7.92. The first kappa shape index (κ1) is 25.0. The SMILES string of the molecule is Cc1ccc(NC(=O)C(C)OC(=O)/C=C/c2nc3ccccc3s2)cc1S(=O)(=O)N1CCOCC1. The van der Waals surface area contributed by atoms with E-state index in [0.717, 1.165) is 10.2 Å². The van der Waals surface area contributed by atoms with E-state index >= 15 is 0 Å². The van der Waals surface area contributed by atoms with Crippen LogP contribution in [0.25, 0.3) is 16.3 Å². The number of nitrogens with one attached hydrogen (secondary N) is 1. The molecule has 2 heterocycles. The predicted octanol–water partition coefficient (Wildman–Crippen LogP) is 3.21. The summed E-state index contributed by atoms with van der Waals surface area (Å²) in [5.74, 6) is -1.27. The summed E-state index contributed by atoms with van der Waals surface area (Å²) >= 11 is 1.44. The average molecular weight is 516 g/mol. The van der Waals surface area contributed by atoms with E-state index in [4.69, 9.17) is 9.47 Å². The standard InChI is InChI=1S/C24H25N3O6S2/c1-16-7-8-18(15-21(16)35(30,31)27-11-13-32-14-12-27)25-24(29)17(2)33-23(28)10-9-22-26-19-5-3-4-6-20(19)34-22/h3-10,15,17H,11-14H2,1-2H3,(H,25,29)/b10-9+. The van der Waals surface area contributed by atoms with Gasteiger partial charge in [0, 0.05) is 24.9 Å². The highest BCUT2D eigenvalue weighted by molar-refractivity contribution is 7.89. The molecule has 1 N–H and O–H groups in total. The maximum Gasteiger partial charge on any atom is 0.331 e. The molecule has 9 nitrogen and oxygen atoms in total. The number of morpholine rings is 1. The average Bonchev–Trinajstić information content (AvgIpc) is 3.27. The molecule has 1 fully saturated rings. The Labute approximate surface area is 207 Å². The normalized spacial score (nSPS) is 15.8. The molecule has 0 saturated carbocycles. The third-order valence-electron chi connectivity index (χ3n) is 5.38. The second-order valence-corrected chi connectivity index (χ2v) is 10.9. The fourth-order valence-electron chi connectivity index (χ4n) is 3.49. The smallest absolute Gasteiger partial charge is 0.331 e. The molecule has 1 atom stereocenters. The van der Waals surface area contributed by atoms with Crippen molar-refractivity contribution >= 4 is 55.2 Å². The first-order chi connectivity index (χ1) is 16.7. The molecule has 0 bridgehead atoms. The number of esters is 1. The van der Waals surface area contributed by atoms with Crippen LogP contribution in [0.4, 0.5) is 5.69 Å². The fraction of sp³-hybridized carbons (Fsp3) is 0.292. The number of fused-ring (bicyclic) bond motifs is 1. The predicted molar refractivity (Wildman–Crippen MR) is 134 cm³/mol. The highest BCUT2D eigenvalue weighted by Crippen LogP contribution is 2.25. The van der Waals surface area contributed by atoms with Crippen molar-refractivity contribution in [3.05, 3.63) is 59.1 Å². The zero-order valence-corrected chi connectivity index (χ0v) is 20.9. The van der Waals surface area contributed by atoms with Crippen molar-refractivity contribution in [2.45, 2.75) is 24.8 Å². The number of aromatic nitrogens is 1. The van der Waals surface area contributed by atoms with Gasteiger partial charge in [-0.05, 0) is 49.8 Å². The summed E-state index contributed by atoms with van der Waals surface area (Å²) in [4.78, 5) is 29.3. The molecule has 11 heteroatoms. The van der Waals surface area contributed by atoms with E-state index in [1.807, 2.05) is 24.3 Å². The number of para-hydroxylation sites is 1. The van der Waals surface area contributed by atoms with E-state index in [2.05, 4.69) is 10.3 Å². The van der Waals surface area contributed by atoms with Crippen LogP contribution < -0.4 is 5.32 Å². The van der Waals surface area contributed by atoms with Gasteiger partial charge in [-0.1, -0.05) is 18.2 Å². The number of aryl methyl sites for hydroxylation is 1. The monoisotopic (exact) mass is 515 g/mol. The first-order valence-electron chi connectivity index (χ1n) is 11.0. The molecule has 2 aromatic carbocycles. The highest BCUT2D eigenvalue weighted by Gasteiger charge is 2.28. The lowest BCUT2D eigenvalue weighted by Gasteiger charge is -2.27. The summed E-state index contributed by atoms with van der Waals surface area (Å²) in [5, 5.41) is 3.27. The van der Waals surface area contributed by atoms with Crippen molar-refractivity contribution < 1.29 is 27.5 Å². The number of anilines is 1. The quantitative estimate of drug-likeness (QED) is 0.380. The molecule has 4 rings (SSSR count). The maximum atomic E-state index is 13.0. The van der Waals surface area contributed by atoms with Gasteiger partial charge in [-0.3, -0.25) is 4.79 Å². The Morgan fingerprint density at radius 2 is 1.94 bits per heavy atom. The summed E-state index contributed by atoms with van der Waals surface area (Å²) in [6.07, 6.45) is 1.67. The second kappa shape index (κ2) is 10.6. The van der Waals surface area contributed by atoms with Crippen LogP contribution in [0.2, 0.25) is 0 Å². The number of hydrogen-bond donors (Lipinski definition) is 1. The number of amides is 1. The summed E-state index contributed by atoms with van der Waals surface area (Å²) < 4.78 is 38.9. The molecule has 1 amide bonds. The molecule has 35 heavy (non-hydrogen) atoms. The number of carbonyl (C=O) groups excluding carboxylic acids is 2. The number of thiazole rings is 1. The number of benzene rings is 2.